The van der Waals surface area contributed by atoms with Crippen LogP contribution in [0.3, 0.4) is 0 Å². The molecule has 3 atom stereocenters. The number of rotatable bonds is 6. The van der Waals surface area contributed by atoms with Gasteiger partial charge in [0, 0.05) is 12.3 Å². The Bertz CT molecular complexity index is 769. The number of nitrogens with zero attached hydrogens (tertiary/aromatic N) is 1. The van der Waals surface area contributed by atoms with Gasteiger partial charge in [-0.2, -0.15) is 0 Å². The molecular weight excluding hydrogens is 358 g/mol. The largest absolute Gasteiger partial charge is 0.439 e. The third-order valence-corrected chi connectivity index (χ3v) is 4.69. The van der Waals surface area contributed by atoms with Crippen molar-refractivity contribution in [2.24, 2.45) is 0 Å². The molecule has 1 aromatic carbocycles. The number of pyridine rings is 1. The van der Waals surface area contributed by atoms with E-state index in [9.17, 15) is 15.0 Å². The van der Waals surface area contributed by atoms with E-state index in [-0.39, 0.29) is 0 Å². The number of nitrogens with one attached hydrogen (secondary N) is 2. The normalized spacial score (nSPS) is 23.2. The SMILES string of the molecule is CC1(C(O)CCc2ccc(Oc3ccc(Cl)cn3)cc2)NC(=O)NC1O. The number of hydrogen-bond acceptors (Lipinski definition) is 5. The molecule has 4 N–H and O–H groups in total. The fourth-order valence-electron chi connectivity index (χ4n) is 2.76. The highest BCUT2D eigenvalue weighted by atomic mass is 35.5. The summed E-state index contributed by atoms with van der Waals surface area (Å²) in [5.74, 6) is 1.09. The molecule has 1 fully saturated rings. The summed E-state index contributed by atoms with van der Waals surface area (Å²) in [6.45, 7) is 1.61. The molecule has 0 saturated carbocycles. The van der Waals surface area contributed by atoms with E-state index < -0.39 is 23.9 Å². The van der Waals surface area contributed by atoms with E-state index in [2.05, 4.69) is 15.6 Å². The zero-order valence-electron chi connectivity index (χ0n) is 14.1. The van der Waals surface area contributed by atoms with Crippen molar-refractivity contribution in [3.05, 3.63) is 53.2 Å². The Kier molecular flexibility index (Phi) is 5.31. The first-order chi connectivity index (χ1) is 12.4. The second-order valence-electron chi connectivity index (χ2n) is 6.40. The average molecular weight is 378 g/mol. The van der Waals surface area contributed by atoms with Gasteiger partial charge in [-0.05, 0) is 43.5 Å². The number of aliphatic hydroxyl groups is 2. The molecule has 0 spiro atoms. The molecule has 3 rings (SSSR count). The lowest BCUT2D eigenvalue weighted by Crippen LogP contribution is -2.56. The topological polar surface area (TPSA) is 104 Å². The number of ether oxygens (including phenoxy) is 1. The molecule has 2 amide bonds. The van der Waals surface area contributed by atoms with Gasteiger partial charge in [-0.15, -0.1) is 0 Å². The van der Waals surface area contributed by atoms with E-state index in [1.807, 2.05) is 24.3 Å². The number of halogens is 1. The minimum atomic E-state index is -1.13. The highest BCUT2D eigenvalue weighted by molar-refractivity contribution is 6.30. The van der Waals surface area contributed by atoms with Gasteiger partial charge in [0.1, 0.15) is 11.3 Å². The Morgan fingerprint density at radius 3 is 2.62 bits per heavy atom. The van der Waals surface area contributed by atoms with Gasteiger partial charge < -0.3 is 25.6 Å². The molecule has 3 unspecified atom stereocenters. The van der Waals surface area contributed by atoms with E-state index in [4.69, 9.17) is 16.3 Å². The molecule has 2 heterocycles. The average Bonchev–Trinajstić information content (AvgIpc) is 2.89. The van der Waals surface area contributed by atoms with Crippen LogP contribution >= 0.6 is 11.6 Å². The lowest BCUT2D eigenvalue weighted by atomic mass is 9.89. The van der Waals surface area contributed by atoms with Gasteiger partial charge in [-0.25, -0.2) is 9.78 Å². The van der Waals surface area contributed by atoms with Crippen molar-refractivity contribution in [2.75, 3.05) is 0 Å². The fourth-order valence-corrected chi connectivity index (χ4v) is 2.87. The van der Waals surface area contributed by atoms with E-state index >= 15 is 0 Å². The van der Waals surface area contributed by atoms with Gasteiger partial charge >= 0.3 is 6.03 Å². The van der Waals surface area contributed by atoms with Gasteiger partial charge in [0.05, 0.1) is 11.1 Å². The Balaban J connectivity index is 1.56. The highest BCUT2D eigenvalue weighted by Crippen LogP contribution is 2.24. The lowest BCUT2D eigenvalue weighted by Gasteiger charge is -2.32. The van der Waals surface area contributed by atoms with Crippen LogP contribution in [0.15, 0.2) is 42.6 Å². The molecular formula is C18H20ClN3O4. The van der Waals surface area contributed by atoms with Crippen molar-refractivity contribution in [1.29, 1.82) is 0 Å². The standard InChI is InChI=1S/C18H20ClN3O4/c1-18(16(24)21-17(25)22-18)14(23)8-4-11-2-6-13(7-3-11)26-15-9-5-12(19)10-20-15/h2-3,5-7,9-10,14,16,23-24H,4,8H2,1H3,(H2,21,22,25). The fraction of sp³-hybridized carbons (Fsp3) is 0.333. The van der Waals surface area contributed by atoms with Crippen molar-refractivity contribution in [1.82, 2.24) is 15.6 Å². The Morgan fingerprint density at radius 1 is 1.31 bits per heavy atom. The van der Waals surface area contributed by atoms with Gasteiger partial charge in [0.25, 0.3) is 0 Å². The summed E-state index contributed by atoms with van der Waals surface area (Å²) in [6.07, 6.45) is 0.448. The van der Waals surface area contributed by atoms with Crippen LogP contribution in [-0.4, -0.2) is 39.1 Å². The minimum absolute atomic E-state index is 0.383. The zero-order chi connectivity index (χ0) is 18.7. The van der Waals surface area contributed by atoms with E-state index in [1.54, 1.807) is 19.1 Å². The maximum absolute atomic E-state index is 11.3. The number of hydrogen-bond donors (Lipinski definition) is 4. The van der Waals surface area contributed by atoms with Crippen molar-refractivity contribution >= 4 is 17.6 Å². The smallest absolute Gasteiger partial charge is 0.317 e. The first-order valence-corrected chi connectivity index (χ1v) is 8.58. The molecule has 0 bridgehead atoms. The van der Waals surface area contributed by atoms with Crippen LogP contribution in [-0.2, 0) is 6.42 Å². The van der Waals surface area contributed by atoms with Crippen LogP contribution in [0.25, 0.3) is 0 Å². The molecule has 1 aromatic heterocycles. The van der Waals surface area contributed by atoms with Crippen LogP contribution in [0.4, 0.5) is 4.79 Å². The number of benzene rings is 1. The summed E-state index contributed by atoms with van der Waals surface area (Å²) in [7, 11) is 0. The first kappa shape index (κ1) is 18.4. The maximum Gasteiger partial charge on any atom is 0.317 e. The van der Waals surface area contributed by atoms with Crippen molar-refractivity contribution in [3.8, 4) is 11.6 Å². The summed E-state index contributed by atoms with van der Waals surface area (Å²) in [5, 5.41) is 25.7. The molecule has 7 nitrogen and oxygen atoms in total. The summed E-state index contributed by atoms with van der Waals surface area (Å²) in [5.41, 5.74) is -0.115. The van der Waals surface area contributed by atoms with Crippen molar-refractivity contribution < 1.29 is 19.7 Å². The zero-order valence-corrected chi connectivity index (χ0v) is 14.9. The molecule has 0 radical (unpaired) electrons. The van der Waals surface area contributed by atoms with E-state index in [0.717, 1.165) is 5.56 Å². The van der Waals surface area contributed by atoms with Crippen LogP contribution in [0.5, 0.6) is 11.6 Å². The Hall–Kier alpha value is -2.35. The van der Waals surface area contributed by atoms with Crippen LogP contribution in [0.1, 0.15) is 18.9 Å². The number of aliphatic hydroxyl groups excluding tert-OH is 2. The summed E-state index contributed by atoms with van der Waals surface area (Å²) >= 11 is 5.79. The van der Waals surface area contributed by atoms with Gasteiger partial charge in [-0.1, -0.05) is 23.7 Å². The minimum Gasteiger partial charge on any atom is -0.439 e. The molecule has 8 heteroatoms. The van der Waals surface area contributed by atoms with Crippen LogP contribution in [0, 0.1) is 0 Å². The van der Waals surface area contributed by atoms with Gasteiger partial charge in [-0.3, -0.25) is 0 Å². The predicted molar refractivity (Wildman–Crippen MR) is 96.2 cm³/mol. The predicted octanol–water partition coefficient (Wildman–Crippen LogP) is 2.21. The molecule has 0 aliphatic carbocycles. The van der Waals surface area contributed by atoms with E-state index in [1.165, 1.54) is 6.20 Å². The number of aromatic nitrogens is 1. The highest BCUT2D eigenvalue weighted by Gasteiger charge is 2.46. The number of amides is 2. The van der Waals surface area contributed by atoms with Gasteiger partial charge in [0.15, 0.2) is 6.23 Å². The Labute approximate surface area is 156 Å². The summed E-state index contributed by atoms with van der Waals surface area (Å²) < 4.78 is 5.63. The molecule has 1 saturated heterocycles. The molecule has 26 heavy (non-hydrogen) atoms. The number of carbonyl (C=O) groups excluding carboxylic acids is 1. The second-order valence-corrected chi connectivity index (χ2v) is 6.84. The number of urea groups is 1. The monoisotopic (exact) mass is 377 g/mol. The first-order valence-electron chi connectivity index (χ1n) is 8.20. The quantitative estimate of drug-likeness (QED) is 0.618. The maximum atomic E-state index is 11.3. The van der Waals surface area contributed by atoms with Gasteiger partial charge in [0.2, 0.25) is 5.88 Å². The molecule has 1 aliphatic heterocycles. The third kappa shape index (κ3) is 4.07. The van der Waals surface area contributed by atoms with Crippen LogP contribution < -0.4 is 15.4 Å². The summed E-state index contributed by atoms with van der Waals surface area (Å²) in [4.78, 5) is 15.4. The second kappa shape index (κ2) is 7.49. The Morgan fingerprint density at radius 2 is 2.04 bits per heavy atom. The molecule has 138 valence electrons. The molecule has 2 aromatic rings. The molecule has 1 aliphatic rings. The van der Waals surface area contributed by atoms with E-state index in [0.29, 0.717) is 29.5 Å². The van der Waals surface area contributed by atoms with Crippen molar-refractivity contribution in [2.45, 2.75) is 37.6 Å². The van der Waals surface area contributed by atoms with Crippen LogP contribution in [0.2, 0.25) is 5.02 Å². The number of carbonyl (C=O) groups is 1. The summed E-state index contributed by atoms with van der Waals surface area (Å²) in [6, 6.07) is 10.3. The number of aryl methyl sites for hydroxylation is 1. The lowest BCUT2D eigenvalue weighted by molar-refractivity contribution is -0.00666. The third-order valence-electron chi connectivity index (χ3n) is 4.46. The van der Waals surface area contributed by atoms with Crippen molar-refractivity contribution in [3.63, 3.8) is 0 Å².